The molecule has 1 unspecified atom stereocenters. The predicted molar refractivity (Wildman–Crippen MR) is 73.1 cm³/mol. The summed E-state index contributed by atoms with van der Waals surface area (Å²) in [4.78, 5) is 4.49. The minimum atomic E-state index is -0.533. The Balaban J connectivity index is 0.00000162. The van der Waals surface area contributed by atoms with Crippen molar-refractivity contribution in [3.8, 4) is 0 Å². The third-order valence-electron chi connectivity index (χ3n) is 2.70. The molecule has 0 aliphatic carbocycles. The van der Waals surface area contributed by atoms with Crippen molar-refractivity contribution in [2.24, 2.45) is 0 Å². The molecule has 0 radical (unpaired) electrons. The molecule has 1 N–H and O–H groups in total. The second-order valence-electron chi connectivity index (χ2n) is 3.99. The maximum absolute atomic E-state index is 10.00. The Bertz CT molecular complexity index is 553. The minimum absolute atomic E-state index is 0. The van der Waals surface area contributed by atoms with Crippen LogP contribution in [-0.4, -0.2) is 14.7 Å². The minimum Gasteiger partial charge on any atom is -1.00 e. The molecule has 0 bridgehead atoms. The summed E-state index contributed by atoms with van der Waals surface area (Å²) in [5.74, 6) is 0.703. The van der Waals surface area contributed by atoms with Crippen LogP contribution >= 0.6 is 15.9 Å². The van der Waals surface area contributed by atoms with Gasteiger partial charge >= 0.3 is 0 Å². The predicted octanol–water partition coefficient (Wildman–Crippen LogP) is 0.392. The van der Waals surface area contributed by atoms with Gasteiger partial charge in [0.15, 0.2) is 0 Å². The molecule has 0 spiro atoms. The number of halogens is 2. The molecule has 2 rings (SSSR count). The second-order valence-corrected chi connectivity index (χ2v) is 5.11. The summed E-state index contributed by atoms with van der Waals surface area (Å²) >= 11 is 3.36. The van der Waals surface area contributed by atoms with Gasteiger partial charge in [-0.1, -0.05) is 41.6 Å². The standard InChI is InChI=1S/C13H15BrN2O.ClH/c1-3-12(17)13-15-10-6-4-5-7-11(10)16(13)8-9(2)14;/h4-7,12,17H,2-3,8H2,1H3;1H/p-1. The first kappa shape index (κ1) is 15.2. The largest absolute Gasteiger partial charge is 1.00 e. The van der Waals surface area contributed by atoms with E-state index in [2.05, 4.69) is 27.5 Å². The normalized spacial score (nSPS) is 12.2. The average Bonchev–Trinajstić information content (AvgIpc) is 2.67. The zero-order valence-corrected chi connectivity index (χ0v) is 12.4. The first-order valence-corrected chi connectivity index (χ1v) is 6.39. The number of fused-ring (bicyclic) bond motifs is 1. The average molecular weight is 331 g/mol. The summed E-state index contributed by atoms with van der Waals surface area (Å²) in [5, 5.41) is 10.00. The van der Waals surface area contributed by atoms with E-state index >= 15 is 0 Å². The lowest BCUT2D eigenvalue weighted by atomic mass is 10.2. The Hall–Kier alpha value is -0.840. The maximum atomic E-state index is 10.00. The molecule has 3 nitrogen and oxygen atoms in total. The second kappa shape index (κ2) is 6.36. The molecule has 0 saturated heterocycles. The van der Waals surface area contributed by atoms with Crippen LogP contribution in [0.1, 0.15) is 25.3 Å². The fourth-order valence-corrected chi connectivity index (χ4v) is 2.12. The van der Waals surface area contributed by atoms with Crippen LogP contribution in [-0.2, 0) is 6.54 Å². The Morgan fingerprint density at radius 2 is 2.17 bits per heavy atom. The fraction of sp³-hybridized carbons (Fsp3) is 0.308. The summed E-state index contributed by atoms with van der Waals surface area (Å²) < 4.78 is 2.87. The molecule has 1 heterocycles. The highest BCUT2D eigenvalue weighted by atomic mass is 79.9. The molecular weight excluding hydrogens is 316 g/mol. The summed E-state index contributed by atoms with van der Waals surface area (Å²) in [5.41, 5.74) is 1.93. The van der Waals surface area contributed by atoms with E-state index in [0.717, 1.165) is 15.5 Å². The Morgan fingerprint density at radius 1 is 1.50 bits per heavy atom. The maximum Gasteiger partial charge on any atom is 0.139 e. The highest BCUT2D eigenvalue weighted by molar-refractivity contribution is 9.11. The van der Waals surface area contributed by atoms with Crippen molar-refractivity contribution in [1.29, 1.82) is 0 Å². The van der Waals surface area contributed by atoms with Gasteiger partial charge < -0.3 is 22.1 Å². The van der Waals surface area contributed by atoms with Gasteiger partial charge in [-0.25, -0.2) is 4.98 Å². The van der Waals surface area contributed by atoms with Crippen molar-refractivity contribution in [3.63, 3.8) is 0 Å². The van der Waals surface area contributed by atoms with Crippen LogP contribution in [0.4, 0.5) is 0 Å². The molecule has 0 aliphatic rings. The van der Waals surface area contributed by atoms with Crippen LogP contribution < -0.4 is 12.4 Å². The van der Waals surface area contributed by atoms with Gasteiger partial charge in [0.05, 0.1) is 17.6 Å². The van der Waals surface area contributed by atoms with E-state index in [1.807, 2.05) is 35.8 Å². The topological polar surface area (TPSA) is 38.0 Å². The Morgan fingerprint density at radius 3 is 2.78 bits per heavy atom. The zero-order chi connectivity index (χ0) is 12.4. The summed E-state index contributed by atoms with van der Waals surface area (Å²) in [6, 6.07) is 7.88. The lowest BCUT2D eigenvalue weighted by molar-refractivity contribution is -0.00000509. The number of aliphatic hydroxyl groups is 1. The van der Waals surface area contributed by atoms with E-state index in [9.17, 15) is 5.11 Å². The summed E-state index contributed by atoms with van der Waals surface area (Å²) in [6.07, 6.45) is 0.118. The molecule has 5 heteroatoms. The van der Waals surface area contributed by atoms with Crippen LogP contribution in [0, 0.1) is 0 Å². The van der Waals surface area contributed by atoms with Crippen LogP contribution in [0.25, 0.3) is 11.0 Å². The first-order chi connectivity index (χ1) is 8.13. The van der Waals surface area contributed by atoms with Gasteiger partial charge in [-0.3, -0.25) is 0 Å². The summed E-state index contributed by atoms with van der Waals surface area (Å²) in [6.45, 7) is 6.41. The SMILES string of the molecule is C=C(Br)Cn1c(C(O)CC)nc2ccccc21.[Cl-]. The number of rotatable bonds is 4. The quantitative estimate of drug-likeness (QED) is 0.881. The van der Waals surface area contributed by atoms with Crippen LogP contribution in [0.2, 0.25) is 0 Å². The number of para-hydroxylation sites is 2. The van der Waals surface area contributed by atoms with Crippen molar-refractivity contribution in [3.05, 3.63) is 41.2 Å². The van der Waals surface area contributed by atoms with Crippen LogP contribution in [0.5, 0.6) is 0 Å². The third-order valence-corrected chi connectivity index (χ3v) is 2.95. The number of aromatic nitrogens is 2. The molecule has 0 aliphatic heterocycles. The molecule has 18 heavy (non-hydrogen) atoms. The molecule has 98 valence electrons. The van der Waals surface area contributed by atoms with Gasteiger partial charge in [0, 0.05) is 4.48 Å². The smallest absolute Gasteiger partial charge is 0.139 e. The zero-order valence-electron chi connectivity index (χ0n) is 10.1. The highest BCUT2D eigenvalue weighted by Gasteiger charge is 2.16. The number of hydrogen-bond acceptors (Lipinski definition) is 2. The first-order valence-electron chi connectivity index (χ1n) is 5.60. The fourth-order valence-electron chi connectivity index (χ4n) is 1.87. The summed E-state index contributed by atoms with van der Waals surface area (Å²) in [7, 11) is 0. The van der Waals surface area contributed by atoms with Crippen molar-refractivity contribution in [1.82, 2.24) is 9.55 Å². The number of benzene rings is 1. The molecule has 0 amide bonds. The van der Waals surface area contributed by atoms with E-state index < -0.39 is 6.10 Å². The lowest BCUT2D eigenvalue weighted by Crippen LogP contribution is -3.00. The molecule has 0 saturated carbocycles. The van der Waals surface area contributed by atoms with Crippen molar-refractivity contribution >= 4 is 27.0 Å². The van der Waals surface area contributed by atoms with Gasteiger partial charge in [-0.05, 0) is 18.6 Å². The van der Waals surface area contributed by atoms with Gasteiger partial charge in [0.25, 0.3) is 0 Å². The van der Waals surface area contributed by atoms with Crippen molar-refractivity contribution < 1.29 is 17.5 Å². The van der Waals surface area contributed by atoms with E-state index in [0.29, 0.717) is 18.8 Å². The van der Waals surface area contributed by atoms with Gasteiger partial charge in [-0.15, -0.1) is 0 Å². The number of allylic oxidation sites excluding steroid dienone is 1. The van der Waals surface area contributed by atoms with Crippen molar-refractivity contribution in [2.75, 3.05) is 0 Å². The molecule has 1 atom stereocenters. The Kier molecular flexibility index (Phi) is 5.38. The lowest BCUT2D eigenvalue weighted by Gasteiger charge is -2.11. The number of aliphatic hydroxyl groups excluding tert-OH is 1. The van der Waals surface area contributed by atoms with Crippen molar-refractivity contribution in [2.45, 2.75) is 26.0 Å². The number of nitrogens with zero attached hydrogens (tertiary/aromatic N) is 2. The molecule has 2 aromatic rings. The van der Waals surface area contributed by atoms with Crippen LogP contribution in [0.3, 0.4) is 0 Å². The van der Waals surface area contributed by atoms with E-state index in [1.54, 1.807) is 0 Å². The molecule has 0 fully saturated rings. The molecular formula is C13H15BrClN2O-. The number of imidazole rings is 1. The van der Waals surface area contributed by atoms with Gasteiger partial charge in [-0.2, -0.15) is 0 Å². The molecule has 1 aromatic carbocycles. The van der Waals surface area contributed by atoms with E-state index in [4.69, 9.17) is 0 Å². The van der Waals surface area contributed by atoms with E-state index in [-0.39, 0.29) is 12.4 Å². The third kappa shape index (κ3) is 2.94. The highest BCUT2D eigenvalue weighted by Crippen LogP contribution is 2.24. The number of hydrogen-bond donors (Lipinski definition) is 1. The monoisotopic (exact) mass is 329 g/mol. The molecule has 1 aromatic heterocycles. The van der Waals surface area contributed by atoms with Gasteiger partial charge in [0.1, 0.15) is 11.9 Å². The van der Waals surface area contributed by atoms with Gasteiger partial charge in [0.2, 0.25) is 0 Å². The van der Waals surface area contributed by atoms with Crippen LogP contribution in [0.15, 0.2) is 35.3 Å². The Labute approximate surface area is 121 Å². The van der Waals surface area contributed by atoms with E-state index in [1.165, 1.54) is 0 Å².